The highest BCUT2D eigenvalue weighted by atomic mass is 16.7. The van der Waals surface area contributed by atoms with E-state index in [9.17, 15) is 44.4 Å². The Morgan fingerprint density at radius 1 is 1.02 bits per heavy atom. The molecular formula is C44H47N7O13. The van der Waals surface area contributed by atoms with Gasteiger partial charge >= 0.3 is 18.0 Å². The summed E-state index contributed by atoms with van der Waals surface area (Å²) in [7, 11) is 0. The number of nitrogens with zero attached hydrogens (tertiary/aromatic N) is 3. The lowest BCUT2D eigenvalue weighted by Gasteiger charge is -2.39. The SMILES string of the molecule is CC[C@@]1(OC(=O)[C@@H](NC(=O)[C@H](Cc2cnc[nH]2)NC(=O)Nc2ccc(O[C@@H]3O[C@H](CO)[C@H](O)[C@H](O)[C@H]3O)cc2)C(C)C)C(=O)OCc2c1cc1n(c2=O)Cc2cc3ccccc3nc2-1. The third-order valence-corrected chi connectivity index (χ3v) is 11.7. The van der Waals surface area contributed by atoms with Crippen molar-refractivity contribution in [2.45, 2.75) is 95.2 Å². The largest absolute Gasteiger partial charge is 0.462 e. The van der Waals surface area contributed by atoms with E-state index in [-0.39, 0.29) is 48.6 Å². The van der Waals surface area contributed by atoms with Crippen LogP contribution in [-0.2, 0) is 53.8 Å². The van der Waals surface area contributed by atoms with E-state index in [0.717, 1.165) is 16.5 Å². The molecule has 2 aromatic carbocycles. The minimum Gasteiger partial charge on any atom is -0.462 e. The maximum absolute atomic E-state index is 14.3. The molecule has 20 nitrogen and oxygen atoms in total. The number of hydrogen-bond donors (Lipinski definition) is 8. The van der Waals surface area contributed by atoms with E-state index < -0.39 is 90.4 Å². The zero-order valence-electron chi connectivity index (χ0n) is 34.9. The van der Waals surface area contributed by atoms with E-state index in [1.807, 2.05) is 30.3 Å². The lowest BCUT2D eigenvalue weighted by atomic mass is 9.85. The van der Waals surface area contributed by atoms with Crippen LogP contribution in [0.25, 0.3) is 22.3 Å². The van der Waals surface area contributed by atoms with Crippen molar-refractivity contribution < 1.29 is 58.6 Å². The molecule has 8 N–H and O–H groups in total. The van der Waals surface area contributed by atoms with Gasteiger partial charge in [-0.05, 0) is 54.8 Å². The van der Waals surface area contributed by atoms with Gasteiger partial charge in [-0.1, -0.05) is 39.0 Å². The van der Waals surface area contributed by atoms with Crippen molar-refractivity contribution in [1.29, 1.82) is 0 Å². The van der Waals surface area contributed by atoms with Crippen LogP contribution in [0.3, 0.4) is 0 Å². The van der Waals surface area contributed by atoms with Crippen LogP contribution >= 0.6 is 0 Å². The fraction of sp³-hybridized carbons (Fsp3) is 0.386. The van der Waals surface area contributed by atoms with Gasteiger partial charge in [0.15, 0.2) is 0 Å². The van der Waals surface area contributed by atoms with Gasteiger partial charge in [-0.25, -0.2) is 24.4 Å². The van der Waals surface area contributed by atoms with Crippen LogP contribution in [-0.4, -0.2) is 113 Å². The first-order valence-corrected chi connectivity index (χ1v) is 20.7. The van der Waals surface area contributed by atoms with Gasteiger partial charge in [0.05, 0.1) is 41.9 Å². The molecule has 64 heavy (non-hydrogen) atoms. The number of amides is 3. The summed E-state index contributed by atoms with van der Waals surface area (Å²) in [5.74, 6) is -3.06. The second kappa shape index (κ2) is 17.8. The van der Waals surface area contributed by atoms with E-state index in [1.165, 1.54) is 36.8 Å². The highest BCUT2D eigenvalue weighted by Crippen LogP contribution is 2.41. The van der Waals surface area contributed by atoms with Gasteiger partial charge in [0.2, 0.25) is 17.8 Å². The highest BCUT2D eigenvalue weighted by Gasteiger charge is 2.52. The summed E-state index contributed by atoms with van der Waals surface area (Å²) in [4.78, 5) is 81.3. The Morgan fingerprint density at radius 3 is 2.48 bits per heavy atom. The summed E-state index contributed by atoms with van der Waals surface area (Å²) >= 11 is 0. The lowest BCUT2D eigenvalue weighted by molar-refractivity contribution is -0.277. The summed E-state index contributed by atoms with van der Waals surface area (Å²) < 4.78 is 24.2. The Hall–Kier alpha value is -6.71. The average Bonchev–Trinajstić information content (AvgIpc) is 3.94. The van der Waals surface area contributed by atoms with Crippen LogP contribution in [0.5, 0.6) is 5.75 Å². The van der Waals surface area contributed by atoms with Crippen molar-refractivity contribution in [1.82, 2.24) is 30.2 Å². The zero-order chi connectivity index (χ0) is 45.4. The number of esters is 2. The van der Waals surface area contributed by atoms with Gasteiger partial charge in [0, 0.05) is 40.5 Å². The first-order chi connectivity index (χ1) is 30.7. The normalized spacial score (nSPS) is 23.2. The first kappa shape index (κ1) is 43.9. The summed E-state index contributed by atoms with van der Waals surface area (Å²) in [6.07, 6.45) is -4.74. The Morgan fingerprint density at radius 2 is 1.78 bits per heavy atom. The molecule has 1 fully saturated rings. The Labute approximate surface area is 364 Å². The number of H-pyrrole nitrogens is 1. The molecule has 1 saturated heterocycles. The molecular weight excluding hydrogens is 835 g/mol. The number of para-hydroxylation sites is 1. The number of cyclic esters (lactones) is 1. The summed E-state index contributed by atoms with van der Waals surface area (Å²) in [6.45, 7) is 4.25. The Kier molecular flexibility index (Phi) is 12.2. The van der Waals surface area contributed by atoms with Crippen molar-refractivity contribution in [3.05, 3.63) is 106 Å². The van der Waals surface area contributed by atoms with Gasteiger partial charge in [-0.15, -0.1) is 0 Å². The molecule has 3 aliphatic rings. The number of aliphatic hydroxyl groups is 4. The lowest BCUT2D eigenvalue weighted by Crippen LogP contribution is -2.60. The smallest absolute Gasteiger partial charge is 0.355 e. The van der Waals surface area contributed by atoms with E-state index in [2.05, 4.69) is 25.9 Å². The van der Waals surface area contributed by atoms with Crippen molar-refractivity contribution in [2.75, 3.05) is 11.9 Å². The number of aromatic nitrogens is 4. The van der Waals surface area contributed by atoms with Crippen molar-refractivity contribution in [2.24, 2.45) is 5.92 Å². The van der Waals surface area contributed by atoms with Gasteiger partial charge in [-0.3, -0.25) is 9.59 Å². The van der Waals surface area contributed by atoms with Gasteiger partial charge in [0.1, 0.15) is 48.9 Å². The number of nitrogens with one attached hydrogen (secondary N) is 4. The van der Waals surface area contributed by atoms with Crippen molar-refractivity contribution in [3.8, 4) is 17.1 Å². The standard InChI is InChI=1S/C44H47N7O13/c1-4-44(28-15-31-34-23(13-22-7-5-6-8-29(22)48-34)17-51(31)39(57)27(28)19-61-42(44)59)64-40(58)33(21(2)3)50-38(56)30(14-25-16-45-20-46-25)49-43(60)47-24-9-11-26(12-10-24)62-41-37(55)36(54)35(53)32(18-52)63-41/h5-13,15-16,20-21,30,32-33,35-37,41,52-55H,4,14,17-19H2,1-3H3,(H,45,46)(H,50,56)(H2,47,49,60)/t30-,32+,33-,35-,36-,37+,41+,44-/m0/s1. The van der Waals surface area contributed by atoms with Crippen LogP contribution in [0.2, 0.25) is 0 Å². The molecule has 6 heterocycles. The van der Waals surface area contributed by atoms with E-state index in [0.29, 0.717) is 17.1 Å². The third-order valence-electron chi connectivity index (χ3n) is 11.7. The maximum Gasteiger partial charge on any atom is 0.355 e. The molecule has 0 bridgehead atoms. The quantitative estimate of drug-likeness (QED) is 0.0755. The first-order valence-electron chi connectivity index (χ1n) is 20.7. The fourth-order valence-corrected chi connectivity index (χ4v) is 8.14. The number of benzene rings is 2. The molecule has 5 aromatic rings. The number of carbonyl (C=O) groups is 4. The van der Waals surface area contributed by atoms with Gasteiger partial charge < -0.3 is 64.9 Å². The monoisotopic (exact) mass is 881 g/mol. The predicted octanol–water partition coefficient (Wildman–Crippen LogP) is 1.11. The van der Waals surface area contributed by atoms with Crippen molar-refractivity contribution in [3.63, 3.8) is 0 Å². The number of urea groups is 1. The van der Waals surface area contributed by atoms with Crippen LogP contribution in [0, 0.1) is 5.92 Å². The fourth-order valence-electron chi connectivity index (χ4n) is 8.14. The number of fused-ring (bicyclic) bond motifs is 5. The molecule has 3 aliphatic heterocycles. The molecule has 0 unspecified atom stereocenters. The molecule has 0 saturated carbocycles. The molecule has 3 aromatic heterocycles. The molecule has 0 spiro atoms. The molecule has 0 radical (unpaired) electrons. The maximum atomic E-state index is 14.3. The third kappa shape index (κ3) is 8.28. The van der Waals surface area contributed by atoms with Crippen LogP contribution in [0.4, 0.5) is 10.5 Å². The molecule has 8 rings (SSSR count). The molecule has 0 aliphatic carbocycles. The number of anilines is 1. The van der Waals surface area contributed by atoms with Crippen molar-refractivity contribution >= 4 is 40.5 Å². The molecule has 336 valence electrons. The topological polar surface area (TPSA) is 286 Å². The number of hydrogen-bond acceptors (Lipinski definition) is 15. The summed E-state index contributed by atoms with van der Waals surface area (Å²) in [6, 6.07) is 13.5. The molecule has 20 heteroatoms. The number of imidazole rings is 1. The Balaban J connectivity index is 0.986. The second-order valence-corrected chi connectivity index (χ2v) is 16.2. The second-order valence-electron chi connectivity index (χ2n) is 16.2. The average molecular weight is 882 g/mol. The van der Waals surface area contributed by atoms with E-state index in [4.69, 9.17) is 23.9 Å². The van der Waals surface area contributed by atoms with Crippen LogP contribution in [0.15, 0.2) is 78.0 Å². The number of aromatic amines is 1. The summed E-state index contributed by atoms with van der Waals surface area (Å²) in [5, 5.41) is 48.8. The summed E-state index contributed by atoms with van der Waals surface area (Å²) in [5.41, 5.74) is 1.19. The van der Waals surface area contributed by atoms with Gasteiger partial charge in [0.25, 0.3) is 5.56 Å². The number of aliphatic hydroxyl groups excluding tert-OH is 4. The highest BCUT2D eigenvalue weighted by molar-refractivity contribution is 5.96. The molecule has 8 atom stereocenters. The zero-order valence-corrected chi connectivity index (χ0v) is 34.9. The molecule has 3 amide bonds. The predicted molar refractivity (Wildman–Crippen MR) is 224 cm³/mol. The number of rotatable bonds is 13. The minimum absolute atomic E-state index is 0.0799. The van der Waals surface area contributed by atoms with E-state index in [1.54, 1.807) is 31.4 Å². The van der Waals surface area contributed by atoms with Crippen LogP contribution < -0.4 is 26.2 Å². The number of pyridine rings is 2. The van der Waals surface area contributed by atoms with E-state index >= 15 is 0 Å². The Bertz CT molecular complexity index is 2630. The number of carbonyl (C=O) groups excluding carboxylic acids is 4. The van der Waals surface area contributed by atoms with Gasteiger partial charge in [-0.2, -0.15) is 0 Å². The minimum atomic E-state index is -2.04. The number of ether oxygens (including phenoxy) is 4. The van der Waals surface area contributed by atoms with Crippen LogP contribution in [0.1, 0.15) is 49.6 Å².